The van der Waals surface area contributed by atoms with Gasteiger partial charge in [-0.1, -0.05) is 60.2 Å². The number of benzene rings is 2. The van der Waals surface area contributed by atoms with Crippen LogP contribution < -0.4 is 5.32 Å². The molecule has 0 unspecified atom stereocenters. The number of aromatic nitrogens is 2. The third-order valence-electron chi connectivity index (χ3n) is 4.27. The number of carbonyl (C=O) groups excluding carboxylic acids is 1. The SMILES string of the molecule is Cc1cccc(Cn2nc(C)c(NC(=O)Cc3ccccc3)c2C)c1. The van der Waals surface area contributed by atoms with Crippen LogP contribution in [0, 0.1) is 20.8 Å². The van der Waals surface area contributed by atoms with Gasteiger partial charge < -0.3 is 5.32 Å². The molecule has 0 bridgehead atoms. The zero-order chi connectivity index (χ0) is 17.8. The van der Waals surface area contributed by atoms with Crippen LogP contribution in [-0.2, 0) is 17.8 Å². The van der Waals surface area contributed by atoms with Gasteiger partial charge in [-0.3, -0.25) is 9.48 Å². The molecule has 0 fully saturated rings. The molecule has 0 aliphatic rings. The van der Waals surface area contributed by atoms with Crippen molar-refractivity contribution in [2.75, 3.05) is 5.32 Å². The van der Waals surface area contributed by atoms with Gasteiger partial charge in [-0.05, 0) is 31.9 Å². The molecule has 0 radical (unpaired) electrons. The van der Waals surface area contributed by atoms with Crippen molar-refractivity contribution < 1.29 is 4.79 Å². The molecule has 0 aliphatic carbocycles. The Hall–Kier alpha value is -2.88. The molecule has 1 amide bonds. The Morgan fingerprint density at radius 1 is 1.00 bits per heavy atom. The Morgan fingerprint density at radius 2 is 1.72 bits per heavy atom. The van der Waals surface area contributed by atoms with E-state index in [1.54, 1.807) is 0 Å². The first kappa shape index (κ1) is 17.0. The highest BCUT2D eigenvalue weighted by Gasteiger charge is 2.14. The van der Waals surface area contributed by atoms with Crippen LogP contribution in [0.5, 0.6) is 0 Å². The zero-order valence-electron chi connectivity index (χ0n) is 14.9. The minimum Gasteiger partial charge on any atom is -0.323 e. The summed E-state index contributed by atoms with van der Waals surface area (Å²) >= 11 is 0. The molecule has 0 aliphatic heterocycles. The Labute approximate surface area is 148 Å². The molecule has 1 aromatic heterocycles. The molecule has 0 saturated carbocycles. The van der Waals surface area contributed by atoms with E-state index >= 15 is 0 Å². The predicted molar refractivity (Wildman–Crippen MR) is 101 cm³/mol. The summed E-state index contributed by atoms with van der Waals surface area (Å²) in [5.74, 6) is -0.0208. The maximum atomic E-state index is 12.4. The Kier molecular flexibility index (Phi) is 4.98. The maximum Gasteiger partial charge on any atom is 0.228 e. The number of rotatable bonds is 5. The van der Waals surface area contributed by atoms with Gasteiger partial charge in [0.15, 0.2) is 0 Å². The van der Waals surface area contributed by atoms with Gasteiger partial charge in [0.05, 0.1) is 30.0 Å². The van der Waals surface area contributed by atoms with Crippen LogP contribution in [0.2, 0.25) is 0 Å². The average Bonchev–Trinajstić information content (AvgIpc) is 2.83. The smallest absolute Gasteiger partial charge is 0.228 e. The molecular weight excluding hydrogens is 310 g/mol. The number of anilines is 1. The lowest BCUT2D eigenvalue weighted by Gasteiger charge is -2.08. The highest BCUT2D eigenvalue weighted by Crippen LogP contribution is 2.21. The Balaban J connectivity index is 1.74. The van der Waals surface area contributed by atoms with Crippen molar-refractivity contribution in [2.24, 2.45) is 0 Å². The molecule has 0 atom stereocenters. The van der Waals surface area contributed by atoms with E-state index in [1.807, 2.05) is 48.9 Å². The van der Waals surface area contributed by atoms with E-state index in [4.69, 9.17) is 0 Å². The van der Waals surface area contributed by atoms with Crippen LogP contribution in [-0.4, -0.2) is 15.7 Å². The first-order valence-electron chi connectivity index (χ1n) is 8.46. The lowest BCUT2D eigenvalue weighted by atomic mass is 10.1. The normalized spacial score (nSPS) is 10.7. The molecular formula is C21H23N3O. The molecule has 3 rings (SSSR count). The van der Waals surface area contributed by atoms with Gasteiger partial charge in [0.1, 0.15) is 0 Å². The van der Waals surface area contributed by atoms with Crippen molar-refractivity contribution in [1.82, 2.24) is 9.78 Å². The van der Waals surface area contributed by atoms with E-state index in [-0.39, 0.29) is 5.91 Å². The second kappa shape index (κ2) is 7.34. The maximum absolute atomic E-state index is 12.4. The minimum absolute atomic E-state index is 0.0208. The van der Waals surface area contributed by atoms with Crippen molar-refractivity contribution >= 4 is 11.6 Å². The third kappa shape index (κ3) is 4.15. The second-order valence-corrected chi connectivity index (χ2v) is 6.40. The van der Waals surface area contributed by atoms with Gasteiger partial charge in [-0.2, -0.15) is 5.10 Å². The van der Waals surface area contributed by atoms with Crippen LogP contribution in [0.15, 0.2) is 54.6 Å². The molecule has 4 nitrogen and oxygen atoms in total. The van der Waals surface area contributed by atoms with Crippen LogP contribution >= 0.6 is 0 Å². The molecule has 1 N–H and O–H groups in total. The van der Waals surface area contributed by atoms with Crippen molar-refractivity contribution in [1.29, 1.82) is 0 Å². The number of nitrogens with one attached hydrogen (secondary N) is 1. The summed E-state index contributed by atoms with van der Waals surface area (Å²) in [6.45, 7) is 6.70. The highest BCUT2D eigenvalue weighted by molar-refractivity contribution is 5.93. The fourth-order valence-electron chi connectivity index (χ4n) is 2.98. The van der Waals surface area contributed by atoms with Gasteiger partial charge in [-0.15, -0.1) is 0 Å². The standard InChI is InChI=1S/C21H23N3O/c1-15-8-7-11-19(12-15)14-24-17(3)21(16(2)23-24)22-20(25)13-18-9-5-4-6-10-18/h4-12H,13-14H2,1-3H3,(H,22,25). The fourth-order valence-corrected chi connectivity index (χ4v) is 2.98. The predicted octanol–water partition coefficient (Wildman–Crippen LogP) is 4.04. The highest BCUT2D eigenvalue weighted by atomic mass is 16.1. The van der Waals surface area contributed by atoms with Crippen molar-refractivity contribution in [3.8, 4) is 0 Å². The Bertz CT molecular complexity index is 881. The molecule has 2 aromatic carbocycles. The average molecular weight is 333 g/mol. The van der Waals surface area contributed by atoms with Gasteiger partial charge >= 0.3 is 0 Å². The summed E-state index contributed by atoms with van der Waals surface area (Å²) < 4.78 is 1.95. The summed E-state index contributed by atoms with van der Waals surface area (Å²) in [5, 5.41) is 7.62. The largest absolute Gasteiger partial charge is 0.323 e. The van der Waals surface area contributed by atoms with Crippen LogP contribution in [0.1, 0.15) is 28.1 Å². The summed E-state index contributed by atoms with van der Waals surface area (Å²) in [4.78, 5) is 12.4. The number of hydrogen-bond donors (Lipinski definition) is 1. The van der Waals surface area contributed by atoms with Crippen LogP contribution in [0.3, 0.4) is 0 Å². The number of aryl methyl sites for hydroxylation is 2. The van der Waals surface area contributed by atoms with Gasteiger partial charge in [-0.25, -0.2) is 0 Å². The van der Waals surface area contributed by atoms with Crippen molar-refractivity contribution in [3.63, 3.8) is 0 Å². The van der Waals surface area contributed by atoms with E-state index in [9.17, 15) is 4.79 Å². The van der Waals surface area contributed by atoms with Gasteiger partial charge in [0.25, 0.3) is 0 Å². The molecule has 128 valence electrons. The topological polar surface area (TPSA) is 46.9 Å². The van der Waals surface area contributed by atoms with Crippen LogP contribution in [0.4, 0.5) is 5.69 Å². The summed E-state index contributed by atoms with van der Waals surface area (Å²) in [6.07, 6.45) is 0.364. The van der Waals surface area contributed by atoms with E-state index < -0.39 is 0 Å². The van der Waals surface area contributed by atoms with E-state index in [0.29, 0.717) is 13.0 Å². The summed E-state index contributed by atoms with van der Waals surface area (Å²) in [6, 6.07) is 18.1. The lowest BCUT2D eigenvalue weighted by Crippen LogP contribution is -2.15. The molecule has 25 heavy (non-hydrogen) atoms. The minimum atomic E-state index is -0.0208. The number of nitrogens with zero attached hydrogens (tertiary/aromatic N) is 2. The van der Waals surface area contributed by atoms with E-state index in [2.05, 4.69) is 41.6 Å². The molecule has 0 spiro atoms. The van der Waals surface area contributed by atoms with E-state index in [0.717, 1.165) is 22.6 Å². The summed E-state index contributed by atoms with van der Waals surface area (Å²) in [5.41, 5.74) is 6.06. The van der Waals surface area contributed by atoms with Gasteiger partial charge in [0, 0.05) is 0 Å². The fraction of sp³-hybridized carbons (Fsp3) is 0.238. The van der Waals surface area contributed by atoms with Crippen LogP contribution in [0.25, 0.3) is 0 Å². The quantitative estimate of drug-likeness (QED) is 0.766. The summed E-state index contributed by atoms with van der Waals surface area (Å²) in [7, 11) is 0. The number of hydrogen-bond acceptors (Lipinski definition) is 2. The molecule has 4 heteroatoms. The first-order chi connectivity index (χ1) is 12.0. The monoisotopic (exact) mass is 333 g/mol. The van der Waals surface area contributed by atoms with E-state index in [1.165, 1.54) is 11.1 Å². The first-order valence-corrected chi connectivity index (χ1v) is 8.46. The van der Waals surface area contributed by atoms with Crippen molar-refractivity contribution in [3.05, 3.63) is 82.7 Å². The van der Waals surface area contributed by atoms with Crippen molar-refractivity contribution in [2.45, 2.75) is 33.7 Å². The lowest BCUT2D eigenvalue weighted by molar-refractivity contribution is -0.115. The second-order valence-electron chi connectivity index (χ2n) is 6.40. The number of carbonyl (C=O) groups is 1. The van der Waals surface area contributed by atoms with Gasteiger partial charge in [0.2, 0.25) is 5.91 Å². The third-order valence-corrected chi connectivity index (χ3v) is 4.27. The number of amides is 1. The molecule has 3 aromatic rings. The Morgan fingerprint density at radius 3 is 2.44 bits per heavy atom. The molecule has 0 saturated heterocycles. The zero-order valence-corrected chi connectivity index (χ0v) is 14.9. The molecule has 1 heterocycles.